The quantitative estimate of drug-likeness (QED) is 0.408. The Balaban J connectivity index is 1.25. The summed E-state index contributed by atoms with van der Waals surface area (Å²) in [7, 11) is 0. The first-order valence-electron chi connectivity index (χ1n) is 11.5. The maximum absolute atomic E-state index is 12.7. The van der Waals surface area contributed by atoms with Crippen LogP contribution in [0.4, 0.5) is 5.13 Å². The van der Waals surface area contributed by atoms with Gasteiger partial charge in [-0.25, -0.2) is 14.8 Å². The van der Waals surface area contributed by atoms with Crippen molar-refractivity contribution in [2.24, 2.45) is 0 Å². The predicted molar refractivity (Wildman–Crippen MR) is 135 cm³/mol. The van der Waals surface area contributed by atoms with Crippen LogP contribution in [0.15, 0.2) is 52.6 Å². The Morgan fingerprint density at radius 2 is 1.97 bits per heavy atom. The molecule has 35 heavy (non-hydrogen) atoms. The number of rotatable bonds is 6. The molecule has 8 nitrogen and oxygen atoms in total. The first-order chi connectivity index (χ1) is 16.9. The van der Waals surface area contributed by atoms with Crippen LogP contribution < -0.4 is 10.9 Å². The molecule has 1 aliphatic rings. The number of aromatic nitrogens is 3. The number of aryl methyl sites for hydroxylation is 2. The molecule has 0 fully saturated rings. The molecular weight excluding hydrogens is 464 g/mol. The highest BCUT2D eigenvalue weighted by atomic mass is 32.1. The Morgan fingerprint density at radius 3 is 2.74 bits per heavy atom. The smallest absolute Gasteiger partial charge is 0.338 e. The molecular formula is C26H24N4O4S. The van der Waals surface area contributed by atoms with Crippen molar-refractivity contribution in [2.75, 3.05) is 5.32 Å². The minimum Gasteiger partial charge on any atom is -0.449 e. The number of benzene rings is 2. The van der Waals surface area contributed by atoms with Gasteiger partial charge in [0.2, 0.25) is 0 Å². The molecule has 0 bridgehead atoms. The van der Waals surface area contributed by atoms with Gasteiger partial charge in [0.05, 0.1) is 22.2 Å². The van der Waals surface area contributed by atoms with Crippen molar-refractivity contribution in [3.05, 3.63) is 75.1 Å². The Morgan fingerprint density at radius 1 is 1.17 bits per heavy atom. The van der Waals surface area contributed by atoms with Gasteiger partial charge < -0.3 is 4.74 Å². The predicted octanol–water partition coefficient (Wildman–Crippen LogP) is 4.21. The number of thiazole rings is 1. The average Bonchev–Trinajstić information content (AvgIpc) is 3.53. The summed E-state index contributed by atoms with van der Waals surface area (Å²) in [5, 5.41) is 5.47. The van der Waals surface area contributed by atoms with Crippen LogP contribution in [0.5, 0.6) is 0 Å². The van der Waals surface area contributed by atoms with Crippen LogP contribution in [0.25, 0.3) is 22.2 Å². The first-order valence-corrected chi connectivity index (χ1v) is 12.4. The van der Waals surface area contributed by atoms with Crippen LogP contribution in [0.3, 0.4) is 0 Å². The lowest BCUT2D eigenvalue weighted by molar-refractivity contribution is -0.123. The van der Waals surface area contributed by atoms with E-state index in [0.29, 0.717) is 22.6 Å². The van der Waals surface area contributed by atoms with E-state index < -0.39 is 18.0 Å². The molecule has 0 spiro atoms. The van der Waals surface area contributed by atoms with Gasteiger partial charge in [0.15, 0.2) is 11.2 Å². The number of hydrogen-bond acceptors (Lipinski definition) is 7. The van der Waals surface area contributed by atoms with Gasteiger partial charge in [-0.2, -0.15) is 0 Å². The maximum atomic E-state index is 12.7. The van der Waals surface area contributed by atoms with Crippen molar-refractivity contribution in [1.29, 1.82) is 0 Å². The number of nitrogens with one attached hydrogen (secondary N) is 1. The fourth-order valence-electron chi connectivity index (χ4n) is 4.07. The van der Waals surface area contributed by atoms with E-state index in [9.17, 15) is 14.4 Å². The number of amides is 1. The van der Waals surface area contributed by atoms with Crippen molar-refractivity contribution >= 4 is 39.2 Å². The molecule has 0 radical (unpaired) electrons. The number of carbonyl (C=O) groups is 2. The zero-order chi connectivity index (χ0) is 24.5. The van der Waals surface area contributed by atoms with Gasteiger partial charge in [-0.15, -0.1) is 11.3 Å². The highest BCUT2D eigenvalue weighted by molar-refractivity contribution is 7.14. The van der Waals surface area contributed by atoms with E-state index in [4.69, 9.17) is 4.74 Å². The van der Waals surface area contributed by atoms with E-state index in [1.807, 2.05) is 17.5 Å². The molecule has 5 rings (SSSR count). The number of hydrogen-bond donors (Lipinski definition) is 1. The van der Waals surface area contributed by atoms with Gasteiger partial charge in [0.1, 0.15) is 5.82 Å². The topological polar surface area (TPSA) is 103 Å². The second kappa shape index (κ2) is 9.42. The van der Waals surface area contributed by atoms with Crippen LogP contribution in [-0.4, -0.2) is 32.5 Å². The minimum atomic E-state index is -1.03. The SMILES string of the molecule is CCc1ccc(-c2csc(NC(=O)C(C)OC(=O)c3ccc4c(=O)n5c(nc4c3)CCC5)n2)cc1. The van der Waals surface area contributed by atoms with Gasteiger partial charge in [-0.1, -0.05) is 31.2 Å². The third-order valence-corrected chi connectivity index (χ3v) is 6.86. The van der Waals surface area contributed by atoms with Gasteiger partial charge in [0, 0.05) is 23.9 Å². The summed E-state index contributed by atoms with van der Waals surface area (Å²) >= 11 is 1.30. The summed E-state index contributed by atoms with van der Waals surface area (Å²) in [6.07, 6.45) is 1.55. The number of carbonyl (C=O) groups excluding carboxylic acids is 2. The number of ether oxygens (including phenoxy) is 1. The van der Waals surface area contributed by atoms with Gasteiger partial charge >= 0.3 is 5.97 Å². The van der Waals surface area contributed by atoms with Crippen LogP contribution >= 0.6 is 11.3 Å². The Kier molecular flexibility index (Phi) is 6.17. The lowest BCUT2D eigenvalue weighted by atomic mass is 10.1. The highest BCUT2D eigenvalue weighted by Gasteiger charge is 2.22. The molecule has 0 saturated carbocycles. The van der Waals surface area contributed by atoms with Crippen molar-refractivity contribution in [1.82, 2.24) is 14.5 Å². The van der Waals surface area contributed by atoms with E-state index in [-0.39, 0.29) is 11.1 Å². The lowest BCUT2D eigenvalue weighted by Gasteiger charge is -2.13. The molecule has 4 aromatic rings. The van der Waals surface area contributed by atoms with E-state index in [1.165, 1.54) is 29.9 Å². The number of fused-ring (bicyclic) bond motifs is 2. The van der Waals surface area contributed by atoms with Crippen LogP contribution in [0.1, 0.15) is 42.0 Å². The van der Waals surface area contributed by atoms with Gasteiger partial charge in [0.25, 0.3) is 11.5 Å². The molecule has 178 valence electrons. The number of nitrogens with zero attached hydrogens (tertiary/aromatic N) is 3. The van der Waals surface area contributed by atoms with Gasteiger partial charge in [-0.3, -0.25) is 19.5 Å². The molecule has 2 aromatic carbocycles. The van der Waals surface area contributed by atoms with Gasteiger partial charge in [-0.05, 0) is 43.5 Å². The van der Waals surface area contributed by atoms with Crippen molar-refractivity contribution < 1.29 is 14.3 Å². The van der Waals surface area contributed by atoms with Crippen molar-refractivity contribution in [3.8, 4) is 11.3 Å². The Labute approximate surface area is 205 Å². The summed E-state index contributed by atoms with van der Waals surface area (Å²) in [6, 6.07) is 12.8. The fourth-order valence-corrected chi connectivity index (χ4v) is 4.80. The highest BCUT2D eigenvalue weighted by Crippen LogP contribution is 2.25. The normalized spacial score (nSPS) is 13.4. The standard InChI is InChI=1S/C26H24N4O4S/c1-3-16-6-8-17(9-7-16)21-14-35-26(28-21)29-23(31)15(2)34-25(33)18-10-11-19-20(13-18)27-22-5-4-12-30(22)24(19)32/h6-11,13-15H,3-5,12H2,1-2H3,(H,28,29,31). The van der Waals surface area contributed by atoms with E-state index in [1.54, 1.807) is 16.7 Å². The summed E-state index contributed by atoms with van der Waals surface area (Å²) in [4.78, 5) is 46.9. The van der Waals surface area contributed by atoms with E-state index in [0.717, 1.165) is 36.3 Å². The first kappa shape index (κ1) is 22.9. The van der Waals surface area contributed by atoms with Crippen LogP contribution in [0, 0.1) is 0 Å². The average molecular weight is 489 g/mol. The third kappa shape index (κ3) is 4.59. The molecule has 1 atom stereocenters. The summed E-state index contributed by atoms with van der Waals surface area (Å²) in [5.74, 6) is -0.409. The minimum absolute atomic E-state index is 0.0979. The zero-order valence-electron chi connectivity index (χ0n) is 19.4. The number of esters is 1. The summed E-state index contributed by atoms with van der Waals surface area (Å²) in [6.45, 7) is 4.27. The molecule has 1 unspecified atom stereocenters. The molecule has 1 amide bonds. The van der Waals surface area contributed by atoms with E-state index >= 15 is 0 Å². The molecule has 2 aromatic heterocycles. The molecule has 0 saturated heterocycles. The monoisotopic (exact) mass is 488 g/mol. The second-order valence-electron chi connectivity index (χ2n) is 8.45. The third-order valence-electron chi connectivity index (χ3n) is 6.10. The van der Waals surface area contributed by atoms with Crippen molar-refractivity contribution in [3.63, 3.8) is 0 Å². The largest absolute Gasteiger partial charge is 0.449 e. The van der Waals surface area contributed by atoms with Crippen molar-refractivity contribution in [2.45, 2.75) is 45.8 Å². The zero-order valence-corrected chi connectivity index (χ0v) is 20.2. The number of anilines is 1. The summed E-state index contributed by atoms with van der Waals surface area (Å²) < 4.78 is 7.05. The molecule has 1 aliphatic heterocycles. The van der Waals surface area contributed by atoms with Crippen LogP contribution in [-0.2, 0) is 28.9 Å². The molecule has 3 heterocycles. The van der Waals surface area contributed by atoms with Crippen LogP contribution in [0.2, 0.25) is 0 Å². The molecule has 0 aliphatic carbocycles. The fraction of sp³-hybridized carbons (Fsp3) is 0.269. The summed E-state index contributed by atoms with van der Waals surface area (Å²) in [5.41, 5.74) is 3.57. The maximum Gasteiger partial charge on any atom is 0.338 e. The Bertz CT molecular complexity index is 1490. The van der Waals surface area contributed by atoms with E-state index in [2.05, 4.69) is 34.3 Å². The molecule has 9 heteroatoms. The Hall–Kier alpha value is -3.85. The molecule has 1 N–H and O–H groups in total. The second-order valence-corrected chi connectivity index (χ2v) is 9.30. The lowest BCUT2D eigenvalue weighted by Crippen LogP contribution is -2.30.